The molecule has 3 heterocycles. The van der Waals surface area contributed by atoms with Gasteiger partial charge in [-0.3, -0.25) is 0 Å². The third kappa shape index (κ3) is 4.09. The van der Waals surface area contributed by atoms with Crippen LogP contribution in [0.1, 0.15) is 17.1 Å². The first-order valence-electron chi connectivity index (χ1n) is 9.02. The monoisotopic (exact) mass is 366 g/mol. The van der Waals surface area contributed by atoms with E-state index < -0.39 is 0 Å². The highest BCUT2D eigenvalue weighted by atomic mass is 16.5. The SMILES string of the molecule is Cc1cc(OCc2nc(-c3ccccc3)oc2C)nc(N2CCOCC2)n1. The van der Waals surface area contributed by atoms with Crippen molar-refractivity contribution in [1.29, 1.82) is 0 Å². The van der Waals surface area contributed by atoms with Gasteiger partial charge in [0, 0.05) is 30.4 Å². The zero-order chi connectivity index (χ0) is 18.6. The Morgan fingerprint density at radius 3 is 2.59 bits per heavy atom. The number of aromatic nitrogens is 3. The Hall–Kier alpha value is -2.93. The predicted octanol–water partition coefficient (Wildman–Crippen LogP) is 3.16. The molecule has 0 atom stereocenters. The van der Waals surface area contributed by atoms with Crippen LogP contribution in [0.4, 0.5) is 5.95 Å². The molecule has 0 N–H and O–H groups in total. The third-order valence-corrected chi connectivity index (χ3v) is 4.38. The summed E-state index contributed by atoms with van der Waals surface area (Å²) in [4.78, 5) is 15.7. The molecule has 0 bridgehead atoms. The second-order valence-electron chi connectivity index (χ2n) is 6.42. The number of benzene rings is 1. The maximum atomic E-state index is 5.90. The van der Waals surface area contributed by atoms with Gasteiger partial charge in [0.25, 0.3) is 0 Å². The number of ether oxygens (including phenoxy) is 2. The van der Waals surface area contributed by atoms with Gasteiger partial charge in [0.2, 0.25) is 17.7 Å². The van der Waals surface area contributed by atoms with Crippen LogP contribution in [-0.2, 0) is 11.3 Å². The molecule has 1 aliphatic rings. The molecule has 27 heavy (non-hydrogen) atoms. The molecule has 1 saturated heterocycles. The molecule has 7 nitrogen and oxygen atoms in total. The smallest absolute Gasteiger partial charge is 0.229 e. The van der Waals surface area contributed by atoms with Gasteiger partial charge in [-0.1, -0.05) is 18.2 Å². The van der Waals surface area contributed by atoms with Gasteiger partial charge in [-0.05, 0) is 26.0 Å². The van der Waals surface area contributed by atoms with Crippen LogP contribution >= 0.6 is 0 Å². The molecule has 0 spiro atoms. The molecule has 0 amide bonds. The number of rotatable bonds is 5. The van der Waals surface area contributed by atoms with E-state index in [-0.39, 0.29) is 0 Å². The zero-order valence-corrected chi connectivity index (χ0v) is 15.5. The molecule has 2 aromatic heterocycles. The van der Waals surface area contributed by atoms with Crippen molar-refractivity contribution < 1.29 is 13.9 Å². The molecule has 0 radical (unpaired) electrons. The molecule has 140 valence electrons. The second-order valence-corrected chi connectivity index (χ2v) is 6.42. The van der Waals surface area contributed by atoms with Crippen LogP contribution in [0.5, 0.6) is 5.88 Å². The molecular weight excluding hydrogens is 344 g/mol. The molecule has 1 aromatic carbocycles. The van der Waals surface area contributed by atoms with E-state index in [2.05, 4.69) is 19.9 Å². The van der Waals surface area contributed by atoms with Crippen molar-refractivity contribution in [2.45, 2.75) is 20.5 Å². The summed E-state index contributed by atoms with van der Waals surface area (Å²) in [5.74, 6) is 2.55. The lowest BCUT2D eigenvalue weighted by Gasteiger charge is -2.27. The zero-order valence-electron chi connectivity index (χ0n) is 15.5. The molecular formula is C20H22N4O3. The highest BCUT2D eigenvalue weighted by molar-refractivity contribution is 5.53. The van der Waals surface area contributed by atoms with E-state index in [9.17, 15) is 0 Å². The van der Waals surface area contributed by atoms with Crippen LogP contribution in [0.3, 0.4) is 0 Å². The van der Waals surface area contributed by atoms with E-state index in [0.717, 1.165) is 35.8 Å². The topological polar surface area (TPSA) is 73.5 Å². The molecule has 7 heteroatoms. The van der Waals surface area contributed by atoms with Crippen LogP contribution in [-0.4, -0.2) is 41.3 Å². The van der Waals surface area contributed by atoms with E-state index in [1.165, 1.54) is 0 Å². The summed E-state index contributed by atoms with van der Waals surface area (Å²) < 4.78 is 17.1. The number of morpholine rings is 1. The van der Waals surface area contributed by atoms with Crippen LogP contribution in [0.25, 0.3) is 11.5 Å². The van der Waals surface area contributed by atoms with Gasteiger partial charge in [-0.2, -0.15) is 4.98 Å². The van der Waals surface area contributed by atoms with Crippen molar-refractivity contribution in [3.05, 3.63) is 53.5 Å². The summed E-state index contributed by atoms with van der Waals surface area (Å²) in [5, 5.41) is 0. The van der Waals surface area contributed by atoms with Crippen molar-refractivity contribution in [3.8, 4) is 17.3 Å². The quantitative estimate of drug-likeness (QED) is 0.687. The molecule has 4 rings (SSSR count). The molecule has 0 saturated carbocycles. The van der Waals surface area contributed by atoms with Crippen LogP contribution in [0, 0.1) is 13.8 Å². The van der Waals surface area contributed by atoms with E-state index in [4.69, 9.17) is 13.9 Å². The van der Waals surface area contributed by atoms with Crippen LogP contribution < -0.4 is 9.64 Å². The summed E-state index contributed by atoms with van der Waals surface area (Å²) in [7, 11) is 0. The minimum atomic E-state index is 0.293. The largest absolute Gasteiger partial charge is 0.471 e. The number of nitrogens with zero attached hydrogens (tertiary/aromatic N) is 4. The van der Waals surface area contributed by atoms with E-state index in [1.807, 2.05) is 50.2 Å². The summed E-state index contributed by atoms with van der Waals surface area (Å²) in [6.45, 7) is 7.07. The fourth-order valence-corrected chi connectivity index (χ4v) is 2.91. The first kappa shape index (κ1) is 17.5. The van der Waals surface area contributed by atoms with E-state index in [1.54, 1.807) is 0 Å². The molecule has 1 fully saturated rings. The standard InChI is InChI=1S/C20H22N4O3/c1-14-12-18(23-20(21-14)24-8-10-25-11-9-24)26-13-17-15(2)27-19(22-17)16-6-4-3-5-7-16/h3-7,12H,8-11,13H2,1-2H3. The molecule has 1 aliphatic heterocycles. The average Bonchev–Trinajstić information content (AvgIpc) is 3.08. The highest BCUT2D eigenvalue weighted by Crippen LogP contribution is 2.23. The van der Waals surface area contributed by atoms with Crippen molar-refractivity contribution in [1.82, 2.24) is 15.0 Å². The Labute approximate surface area is 158 Å². The van der Waals surface area contributed by atoms with Gasteiger partial charge in [0.15, 0.2) is 0 Å². The Bertz CT molecular complexity index is 905. The fourth-order valence-electron chi connectivity index (χ4n) is 2.91. The Morgan fingerprint density at radius 2 is 1.81 bits per heavy atom. The minimum absolute atomic E-state index is 0.293. The van der Waals surface area contributed by atoms with Gasteiger partial charge in [0.1, 0.15) is 18.1 Å². The third-order valence-electron chi connectivity index (χ3n) is 4.38. The second kappa shape index (κ2) is 7.75. The van der Waals surface area contributed by atoms with Crippen molar-refractivity contribution in [3.63, 3.8) is 0 Å². The van der Waals surface area contributed by atoms with Gasteiger partial charge in [0.05, 0.1) is 13.2 Å². The Kier molecular flexibility index (Phi) is 5.02. The van der Waals surface area contributed by atoms with Crippen molar-refractivity contribution in [2.75, 3.05) is 31.2 Å². The van der Waals surface area contributed by atoms with Crippen molar-refractivity contribution in [2.24, 2.45) is 0 Å². The first-order chi connectivity index (χ1) is 13.2. The van der Waals surface area contributed by atoms with E-state index in [0.29, 0.717) is 37.5 Å². The minimum Gasteiger partial charge on any atom is -0.471 e. The Morgan fingerprint density at radius 1 is 1.04 bits per heavy atom. The number of anilines is 1. The number of oxazole rings is 1. The summed E-state index contributed by atoms with van der Waals surface area (Å²) >= 11 is 0. The number of hydrogen-bond acceptors (Lipinski definition) is 7. The first-order valence-corrected chi connectivity index (χ1v) is 9.02. The normalized spacial score (nSPS) is 14.4. The van der Waals surface area contributed by atoms with Gasteiger partial charge in [-0.25, -0.2) is 9.97 Å². The van der Waals surface area contributed by atoms with Gasteiger partial charge < -0.3 is 18.8 Å². The summed E-state index contributed by atoms with van der Waals surface area (Å²) in [5.41, 5.74) is 2.57. The van der Waals surface area contributed by atoms with Crippen LogP contribution in [0.2, 0.25) is 0 Å². The predicted molar refractivity (Wildman–Crippen MR) is 101 cm³/mol. The molecule has 0 unspecified atom stereocenters. The number of hydrogen-bond donors (Lipinski definition) is 0. The summed E-state index contributed by atoms with van der Waals surface area (Å²) in [6.07, 6.45) is 0. The maximum absolute atomic E-state index is 5.90. The lowest BCUT2D eigenvalue weighted by atomic mass is 10.2. The average molecular weight is 366 g/mol. The molecule has 3 aromatic rings. The lowest BCUT2D eigenvalue weighted by molar-refractivity contribution is 0.122. The van der Waals surface area contributed by atoms with Crippen LogP contribution in [0.15, 0.2) is 40.8 Å². The van der Waals surface area contributed by atoms with Gasteiger partial charge in [-0.15, -0.1) is 0 Å². The summed E-state index contributed by atoms with van der Waals surface area (Å²) in [6, 6.07) is 11.7. The number of aryl methyl sites for hydroxylation is 2. The van der Waals surface area contributed by atoms with Gasteiger partial charge >= 0.3 is 0 Å². The maximum Gasteiger partial charge on any atom is 0.229 e. The lowest BCUT2D eigenvalue weighted by Crippen LogP contribution is -2.37. The fraction of sp³-hybridized carbons (Fsp3) is 0.350. The highest BCUT2D eigenvalue weighted by Gasteiger charge is 2.16. The van der Waals surface area contributed by atoms with E-state index >= 15 is 0 Å². The Balaban J connectivity index is 1.49. The van der Waals surface area contributed by atoms with Crippen molar-refractivity contribution >= 4 is 5.95 Å². The molecule has 0 aliphatic carbocycles.